The molecule has 1 aliphatic rings. The number of benzene rings is 2. The fourth-order valence-electron chi connectivity index (χ4n) is 3.71. The van der Waals surface area contributed by atoms with E-state index in [1.165, 1.54) is 42.5 Å². The minimum Gasteiger partial charge on any atom is -0.507 e. The van der Waals surface area contributed by atoms with E-state index in [2.05, 4.69) is 0 Å². The van der Waals surface area contributed by atoms with E-state index in [9.17, 15) is 19.1 Å². The molecular weight excluding hydrogens is 437 g/mol. The molecule has 1 saturated heterocycles. The van der Waals surface area contributed by atoms with Gasteiger partial charge in [-0.25, -0.2) is 4.39 Å². The Hall–Kier alpha value is -3.58. The Balaban J connectivity index is 1.76. The van der Waals surface area contributed by atoms with E-state index in [1.54, 1.807) is 30.3 Å². The first kappa shape index (κ1) is 21.6. The highest BCUT2D eigenvalue weighted by Crippen LogP contribution is 2.41. The van der Waals surface area contributed by atoms with Crippen molar-refractivity contribution >= 4 is 29.1 Å². The summed E-state index contributed by atoms with van der Waals surface area (Å²) in [7, 11) is 1.46. The Labute approximate surface area is 188 Å². The second kappa shape index (κ2) is 8.88. The topological polar surface area (TPSA) is 80.0 Å². The molecule has 3 aromatic rings. The SMILES string of the molecule is COc1ccc(Cl)c(/C(O)=C2/C(=O)C(=O)N(CCc3ccc(F)cc3)C2c2ccco2)c1. The largest absolute Gasteiger partial charge is 0.507 e. The summed E-state index contributed by atoms with van der Waals surface area (Å²) in [6, 6.07) is 12.8. The molecule has 0 radical (unpaired) electrons. The molecule has 1 fully saturated rings. The van der Waals surface area contributed by atoms with E-state index >= 15 is 0 Å². The fourth-order valence-corrected chi connectivity index (χ4v) is 3.92. The van der Waals surface area contributed by atoms with Crippen molar-refractivity contribution in [1.82, 2.24) is 4.90 Å². The van der Waals surface area contributed by atoms with Crippen LogP contribution in [-0.4, -0.2) is 35.4 Å². The van der Waals surface area contributed by atoms with Crippen molar-refractivity contribution in [3.05, 3.63) is 94.2 Å². The van der Waals surface area contributed by atoms with Crippen LogP contribution < -0.4 is 4.74 Å². The minimum absolute atomic E-state index is 0.126. The van der Waals surface area contributed by atoms with Gasteiger partial charge in [0.1, 0.15) is 29.1 Å². The molecule has 1 amide bonds. The number of Topliss-reactive ketones (excluding diaryl/α,β-unsaturated/α-hetero) is 1. The zero-order valence-corrected chi connectivity index (χ0v) is 17.8. The molecule has 8 heteroatoms. The first-order valence-corrected chi connectivity index (χ1v) is 10.2. The first-order valence-electron chi connectivity index (χ1n) is 9.81. The molecule has 1 atom stereocenters. The molecule has 32 heavy (non-hydrogen) atoms. The van der Waals surface area contributed by atoms with Crippen LogP contribution in [-0.2, 0) is 16.0 Å². The summed E-state index contributed by atoms with van der Waals surface area (Å²) in [6.07, 6.45) is 1.80. The maximum absolute atomic E-state index is 13.2. The lowest BCUT2D eigenvalue weighted by Crippen LogP contribution is -2.31. The number of rotatable bonds is 6. The monoisotopic (exact) mass is 455 g/mol. The Morgan fingerprint density at radius 3 is 2.59 bits per heavy atom. The van der Waals surface area contributed by atoms with E-state index in [0.29, 0.717) is 17.9 Å². The Bertz CT molecular complexity index is 1190. The molecule has 2 aromatic carbocycles. The van der Waals surface area contributed by atoms with Crippen LogP contribution in [0.1, 0.15) is 22.9 Å². The van der Waals surface area contributed by atoms with E-state index in [0.717, 1.165) is 5.56 Å². The number of methoxy groups -OCH3 is 1. The average molecular weight is 456 g/mol. The zero-order valence-electron chi connectivity index (χ0n) is 17.0. The van der Waals surface area contributed by atoms with Gasteiger partial charge in [0.05, 0.1) is 24.0 Å². The molecule has 0 saturated carbocycles. The summed E-state index contributed by atoms with van der Waals surface area (Å²) in [5.74, 6) is -1.64. The van der Waals surface area contributed by atoms with Crippen molar-refractivity contribution in [2.45, 2.75) is 12.5 Å². The molecule has 1 unspecified atom stereocenters. The van der Waals surface area contributed by atoms with Gasteiger partial charge in [-0.05, 0) is 54.4 Å². The summed E-state index contributed by atoms with van der Waals surface area (Å²) in [5, 5.41) is 11.3. The van der Waals surface area contributed by atoms with Gasteiger partial charge in [0.2, 0.25) is 0 Å². The predicted octanol–water partition coefficient (Wildman–Crippen LogP) is 4.75. The van der Waals surface area contributed by atoms with Crippen molar-refractivity contribution < 1.29 is 28.2 Å². The molecule has 164 valence electrons. The van der Waals surface area contributed by atoms with E-state index < -0.39 is 23.5 Å². The summed E-state index contributed by atoms with van der Waals surface area (Å²) >= 11 is 6.26. The third-order valence-electron chi connectivity index (χ3n) is 5.34. The number of hydrogen-bond acceptors (Lipinski definition) is 5. The number of carbonyl (C=O) groups excluding carboxylic acids is 2. The van der Waals surface area contributed by atoms with E-state index in [4.69, 9.17) is 20.8 Å². The third kappa shape index (κ3) is 3.99. The predicted molar refractivity (Wildman–Crippen MR) is 116 cm³/mol. The third-order valence-corrected chi connectivity index (χ3v) is 5.67. The lowest BCUT2D eigenvalue weighted by Gasteiger charge is -2.23. The Morgan fingerprint density at radius 2 is 1.94 bits per heavy atom. The maximum atomic E-state index is 13.2. The molecular formula is C24H19ClFNO5. The summed E-state index contributed by atoms with van der Waals surface area (Å²) in [4.78, 5) is 27.2. The van der Waals surface area contributed by atoms with Gasteiger partial charge >= 0.3 is 0 Å². The highest BCUT2D eigenvalue weighted by Gasteiger charge is 2.47. The number of ketones is 1. The van der Waals surface area contributed by atoms with Gasteiger partial charge < -0.3 is 19.2 Å². The molecule has 0 bridgehead atoms. The second-order valence-electron chi connectivity index (χ2n) is 7.23. The number of nitrogens with zero attached hydrogens (tertiary/aromatic N) is 1. The van der Waals surface area contributed by atoms with Crippen LogP contribution in [0, 0.1) is 5.82 Å². The molecule has 0 spiro atoms. The lowest BCUT2D eigenvalue weighted by atomic mass is 9.99. The highest BCUT2D eigenvalue weighted by atomic mass is 35.5. The van der Waals surface area contributed by atoms with Crippen molar-refractivity contribution in [1.29, 1.82) is 0 Å². The lowest BCUT2D eigenvalue weighted by molar-refractivity contribution is -0.140. The molecule has 0 aliphatic carbocycles. The van der Waals surface area contributed by atoms with Gasteiger partial charge in [-0.2, -0.15) is 0 Å². The standard InChI is InChI=1S/C24H19ClFNO5/c1-31-16-8-9-18(25)17(13-16)22(28)20-21(19-3-2-12-32-19)27(24(30)23(20)29)11-10-14-4-6-15(26)7-5-14/h2-9,12-13,21,28H,10-11H2,1H3/b22-20-. The van der Waals surface area contributed by atoms with E-state index in [-0.39, 0.29) is 28.5 Å². The summed E-state index contributed by atoms with van der Waals surface area (Å²) < 4.78 is 23.9. The van der Waals surface area contributed by atoms with E-state index in [1.807, 2.05) is 0 Å². The smallest absolute Gasteiger partial charge is 0.295 e. The molecule has 6 nitrogen and oxygen atoms in total. The molecule has 1 N–H and O–H groups in total. The Kier molecular flexibility index (Phi) is 6.01. The van der Waals surface area contributed by atoms with Crippen LogP contribution in [0.4, 0.5) is 4.39 Å². The van der Waals surface area contributed by atoms with Crippen LogP contribution in [0.15, 0.2) is 70.9 Å². The van der Waals surface area contributed by atoms with Crippen LogP contribution in [0.3, 0.4) is 0 Å². The zero-order chi connectivity index (χ0) is 22.8. The number of ether oxygens (including phenoxy) is 1. The summed E-state index contributed by atoms with van der Waals surface area (Å²) in [6.45, 7) is 0.157. The van der Waals surface area contributed by atoms with Gasteiger partial charge in [-0.1, -0.05) is 23.7 Å². The van der Waals surface area contributed by atoms with Crippen LogP contribution >= 0.6 is 11.6 Å². The van der Waals surface area contributed by atoms with Gasteiger partial charge in [0, 0.05) is 12.1 Å². The highest BCUT2D eigenvalue weighted by molar-refractivity contribution is 6.47. The fraction of sp³-hybridized carbons (Fsp3) is 0.167. The average Bonchev–Trinajstić information content (AvgIpc) is 3.41. The van der Waals surface area contributed by atoms with Gasteiger partial charge in [-0.3, -0.25) is 9.59 Å². The number of halogens is 2. The van der Waals surface area contributed by atoms with Crippen LogP contribution in [0.25, 0.3) is 5.76 Å². The normalized spacial score (nSPS) is 17.7. The number of likely N-dealkylation sites (tertiary alicyclic amines) is 1. The summed E-state index contributed by atoms with van der Waals surface area (Å²) in [5.41, 5.74) is 0.834. The number of amides is 1. The van der Waals surface area contributed by atoms with Gasteiger partial charge in [-0.15, -0.1) is 0 Å². The van der Waals surface area contributed by atoms with Gasteiger partial charge in [0.25, 0.3) is 11.7 Å². The van der Waals surface area contributed by atoms with Crippen LogP contribution in [0.5, 0.6) is 5.75 Å². The molecule has 2 heterocycles. The van der Waals surface area contributed by atoms with Crippen molar-refractivity contribution in [3.8, 4) is 5.75 Å². The maximum Gasteiger partial charge on any atom is 0.295 e. The number of furan rings is 1. The number of carbonyl (C=O) groups is 2. The molecule has 4 rings (SSSR count). The van der Waals surface area contributed by atoms with Gasteiger partial charge in [0.15, 0.2) is 0 Å². The van der Waals surface area contributed by atoms with Crippen molar-refractivity contribution in [3.63, 3.8) is 0 Å². The second-order valence-corrected chi connectivity index (χ2v) is 7.64. The molecule has 1 aromatic heterocycles. The van der Waals surface area contributed by atoms with Crippen molar-refractivity contribution in [2.75, 3.05) is 13.7 Å². The number of hydrogen-bond donors (Lipinski definition) is 1. The first-order chi connectivity index (χ1) is 15.4. The quantitative estimate of drug-likeness (QED) is 0.330. The molecule has 1 aliphatic heterocycles. The minimum atomic E-state index is -0.937. The van der Waals surface area contributed by atoms with Crippen LogP contribution in [0.2, 0.25) is 5.02 Å². The number of aliphatic hydroxyl groups is 1. The number of aliphatic hydroxyl groups excluding tert-OH is 1. The van der Waals surface area contributed by atoms with Crippen molar-refractivity contribution in [2.24, 2.45) is 0 Å². The Morgan fingerprint density at radius 1 is 1.19 bits per heavy atom.